The molecule has 4 aliphatic rings. The van der Waals surface area contributed by atoms with E-state index in [0.29, 0.717) is 33.1 Å². The first kappa shape index (κ1) is 18.5. The van der Waals surface area contributed by atoms with E-state index in [-0.39, 0.29) is 11.3 Å². The maximum absolute atomic E-state index is 13.5. The number of ether oxygens (including phenoxy) is 4. The Kier molecular flexibility index (Phi) is 4.30. The van der Waals surface area contributed by atoms with Crippen LogP contribution in [-0.2, 0) is 29.5 Å². The maximum atomic E-state index is 13.5. The molecule has 2 spiro atoms. The van der Waals surface area contributed by atoms with Crippen LogP contribution >= 0.6 is 0 Å². The van der Waals surface area contributed by atoms with Crippen LogP contribution in [-0.4, -0.2) is 62.8 Å². The van der Waals surface area contributed by atoms with E-state index in [1.165, 1.54) is 0 Å². The molecule has 3 saturated heterocycles. The highest BCUT2D eigenvalue weighted by Gasteiger charge is 2.57. The number of anilines is 1. The molecule has 0 bridgehead atoms. The first-order valence-electron chi connectivity index (χ1n) is 10.1. The van der Waals surface area contributed by atoms with Crippen LogP contribution in [0.15, 0.2) is 24.3 Å². The van der Waals surface area contributed by atoms with Crippen LogP contribution in [0.2, 0.25) is 0 Å². The standard InChI is InChI=1S/C21H28N2O5/c1-19(2)13-27-21(28-14-19)16-5-3-4-6-17(16)23(18(21)24)15-22-9-7-20(8-10-22)25-11-12-26-20/h3-6H,7-15H2,1-2H3. The third-order valence-corrected chi connectivity index (χ3v) is 6.18. The van der Waals surface area contributed by atoms with Crippen LogP contribution in [0, 0.1) is 5.41 Å². The second-order valence-corrected chi connectivity index (χ2v) is 8.98. The van der Waals surface area contributed by atoms with Crippen LogP contribution in [0.1, 0.15) is 32.3 Å². The molecule has 1 aromatic rings. The molecule has 1 aromatic carbocycles. The van der Waals surface area contributed by atoms with Crippen molar-refractivity contribution >= 4 is 11.6 Å². The lowest BCUT2D eigenvalue weighted by atomic mass is 9.93. The summed E-state index contributed by atoms with van der Waals surface area (Å²) in [5.74, 6) is -1.84. The van der Waals surface area contributed by atoms with Gasteiger partial charge in [0.1, 0.15) is 0 Å². The Bertz CT molecular complexity index is 754. The van der Waals surface area contributed by atoms with Crippen LogP contribution in [0.4, 0.5) is 5.69 Å². The van der Waals surface area contributed by atoms with E-state index in [2.05, 4.69) is 18.7 Å². The summed E-state index contributed by atoms with van der Waals surface area (Å²) < 4.78 is 23.8. The van der Waals surface area contributed by atoms with Crippen molar-refractivity contribution in [3.05, 3.63) is 29.8 Å². The minimum atomic E-state index is -1.30. The van der Waals surface area contributed by atoms with Gasteiger partial charge in [-0.2, -0.15) is 0 Å². The molecule has 4 aliphatic heterocycles. The van der Waals surface area contributed by atoms with Crippen molar-refractivity contribution in [2.24, 2.45) is 5.41 Å². The fraction of sp³-hybridized carbons (Fsp3) is 0.667. The molecule has 7 heteroatoms. The van der Waals surface area contributed by atoms with E-state index in [0.717, 1.165) is 37.2 Å². The van der Waals surface area contributed by atoms with Crippen molar-refractivity contribution in [1.29, 1.82) is 0 Å². The maximum Gasteiger partial charge on any atom is 0.293 e. The lowest BCUT2D eigenvalue weighted by molar-refractivity contribution is -0.286. The van der Waals surface area contributed by atoms with Crippen LogP contribution in [0.25, 0.3) is 0 Å². The minimum absolute atomic E-state index is 0.101. The fourth-order valence-electron chi connectivity index (χ4n) is 4.51. The average Bonchev–Trinajstić information content (AvgIpc) is 3.24. The average molecular weight is 388 g/mol. The molecule has 0 radical (unpaired) electrons. The fourth-order valence-corrected chi connectivity index (χ4v) is 4.51. The molecule has 0 atom stereocenters. The molecule has 5 rings (SSSR count). The molecule has 0 saturated carbocycles. The second kappa shape index (κ2) is 6.50. The number of carbonyl (C=O) groups is 1. The Hall–Kier alpha value is -1.51. The summed E-state index contributed by atoms with van der Waals surface area (Å²) in [7, 11) is 0. The quantitative estimate of drug-likeness (QED) is 0.773. The summed E-state index contributed by atoms with van der Waals surface area (Å²) in [5, 5.41) is 0. The highest BCUT2D eigenvalue weighted by Crippen LogP contribution is 2.47. The number of amides is 1. The Balaban J connectivity index is 1.35. The second-order valence-electron chi connectivity index (χ2n) is 8.98. The number of likely N-dealkylation sites (tertiary alicyclic amines) is 1. The summed E-state index contributed by atoms with van der Waals surface area (Å²) in [6.45, 7) is 8.66. The number of fused-ring (bicyclic) bond motifs is 2. The van der Waals surface area contributed by atoms with Gasteiger partial charge in [0.05, 0.1) is 38.8 Å². The molecule has 28 heavy (non-hydrogen) atoms. The Morgan fingerprint density at radius 2 is 1.61 bits per heavy atom. The third-order valence-electron chi connectivity index (χ3n) is 6.18. The first-order valence-corrected chi connectivity index (χ1v) is 10.1. The smallest absolute Gasteiger partial charge is 0.293 e. The van der Waals surface area contributed by atoms with E-state index in [4.69, 9.17) is 18.9 Å². The van der Waals surface area contributed by atoms with Crippen LogP contribution in [0.5, 0.6) is 0 Å². The van der Waals surface area contributed by atoms with E-state index in [1.807, 2.05) is 29.2 Å². The van der Waals surface area contributed by atoms with E-state index in [1.54, 1.807) is 0 Å². The normalized spacial score (nSPS) is 28.2. The summed E-state index contributed by atoms with van der Waals surface area (Å²) in [4.78, 5) is 17.6. The van der Waals surface area contributed by atoms with Crippen molar-refractivity contribution in [2.75, 3.05) is 51.1 Å². The number of carbonyl (C=O) groups excluding carboxylic acids is 1. The molecular weight excluding hydrogens is 360 g/mol. The van der Waals surface area contributed by atoms with E-state index in [9.17, 15) is 4.79 Å². The number of hydrogen-bond acceptors (Lipinski definition) is 6. The van der Waals surface area contributed by atoms with Crippen molar-refractivity contribution in [3.63, 3.8) is 0 Å². The van der Waals surface area contributed by atoms with Crippen LogP contribution < -0.4 is 4.90 Å². The molecule has 152 valence electrons. The van der Waals surface area contributed by atoms with Gasteiger partial charge in [0.2, 0.25) is 0 Å². The lowest BCUT2D eigenvalue weighted by Crippen LogP contribution is -2.54. The largest absolute Gasteiger partial charge is 0.347 e. The van der Waals surface area contributed by atoms with Gasteiger partial charge in [-0.25, -0.2) is 0 Å². The Morgan fingerprint density at radius 1 is 0.964 bits per heavy atom. The van der Waals surface area contributed by atoms with Gasteiger partial charge in [0.25, 0.3) is 11.7 Å². The molecule has 0 N–H and O–H groups in total. The molecule has 7 nitrogen and oxygen atoms in total. The number of hydrogen-bond donors (Lipinski definition) is 0. The van der Waals surface area contributed by atoms with Crippen molar-refractivity contribution in [1.82, 2.24) is 4.90 Å². The van der Waals surface area contributed by atoms with Gasteiger partial charge in [0.15, 0.2) is 5.79 Å². The molecule has 3 fully saturated rings. The van der Waals surface area contributed by atoms with Gasteiger partial charge < -0.3 is 18.9 Å². The minimum Gasteiger partial charge on any atom is -0.347 e. The Labute approximate surface area is 165 Å². The summed E-state index contributed by atoms with van der Waals surface area (Å²) >= 11 is 0. The van der Waals surface area contributed by atoms with Gasteiger partial charge >= 0.3 is 0 Å². The molecule has 4 heterocycles. The zero-order valence-electron chi connectivity index (χ0n) is 16.6. The Morgan fingerprint density at radius 3 is 2.29 bits per heavy atom. The number of piperidine rings is 1. The van der Waals surface area contributed by atoms with Crippen molar-refractivity contribution < 1.29 is 23.7 Å². The number of para-hydroxylation sites is 1. The summed E-state index contributed by atoms with van der Waals surface area (Å²) in [5.41, 5.74) is 1.59. The molecule has 0 aliphatic carbocycles. The van der Waals surface area contributed by atoms with Gasteiger partial charge in [-0.1, -0.05) is 32.0 Å². The number of nitrogens with zero attached hydrogens (tertiary/aromatic N) is 2. The van der Waals surface area contributed by atoms with Gasteiger partial charge in [-0.3, -0.25) is 14.6 Å². The molecule has 1 amide bonds. The van der Waals surface area contributed by atoms with Gasteiger partial charge in [0, 0.05) is 36.9 Å². The summed E-state index contributed by atoms with van der Waals surface area (Å²) in [6.07, 6.45) is 1.64. The zero-order chi connectivity index (χ0) is 19.4. The van der Waals surface area contributed by atoms with E-state index >= 15 is 0 Å². The van der Waals surface area contributed by atoms with Gasteiger partial charge in [-0.15, -0.1) is 0 Å². The highest BCUT2D eigenvalue weighted by molar-refractivity contribution is 6.06. The van der Waals surface area contributed by atoms with Crippen molar-refractivity contribution in [3.8, 4) is 0 Å². The van der Waals surface area contributed by atoms with Crippen LogP contribution in [0.3, 0.4) is 0 Å². The third kappa shape index (κ3) is 2.88. The summed E-state index contributed by atoms with van der Waals surface area (Å²) in [6, 6.07) is 7.81. The predicted molar refractivity (Wildman–Crippen MR) is 102 cm³/mol. The monoisotopic (exact) mass is 388 g/mol. The molecule has 0 unspecified atom stereocenters. The molecular formula is C21H28N2O5. The lowest BCUT2D eigenvalue weighted by Gasteiger charge is -2.41. The van der Waals surface area contributed by atoms with E-state index < -0.39 is 11.6 Å². The van der Waals surface area contributed by atoms with Gasteiger partial charge in [-0.05, 0) is 6.07 Å². The van der Waals surface area contributed by atoms with Crippen molar-refractivity contribution in [2.45, 2.75) is 38.3 Å². The number of rotatable bonds is 2. The number of benzene rings is 1. The topological polar surface area (TPSA) is 60.5 Å². The zero-order valence-corrected chi connectivity index (χ0v) is 16.6. The SMILES string of the molecule is CC1(C)COC2(OC1)C(=O)N(CN1CCC3(CC1)OCCO3)c1ccccc12. The first-order chi connectivity index (χ1) is 13.4. The highest BCUT2D eigenvalue weighted by atomic mass is 16.7. The predicted octanol–water partition coefficient (Wildman–Crippen LogP) is 2.06. The molecule has 0 aromatic heterocycles.